The summed E-state index contributed by atoms with van der Waals surface area (Å²) >= 11 is 3.43. The third-order valence-corrected chi connectivity index (χ3v) is 3.02. The van der Waals surface area contributed by atoms with E-state index in [1.807, 2.05) is 6.07 Å². The number of halogens is 1. The zero-order valence-electron chi connectivity index (χ0n) is 7.79. The summed E-state index contributed by atoms with van der Waals surface area (Å²) in [6.07, 6.45) is 3.11. The van der Waals surface area contributed by atoms with Gasteiger partial charge in [0.1, 0.15) is 0 Å². The van der Waals surface area contributed by atoms with Gasteiger partial charge < -0.3 is 10.5 Å². The molecule has 14 heavy (non-hydrogen) atoms. The molecule has 74 valence electrons. The molecule has 0 spiro atoms. The highest BCUT2D eigenvalue weighted by Gasteiger charge is 2.07. The van der Waals surface area contributed by atoms with E-state index in [1.165, 1.54) is 11.1 Å². The highest BCUT2D eigenvalue weighted by Crippen LogP contribution is 2.27. The van der Waals surface area contributed by atoms with Crippen LogP contribution < -0.4 is 5.73 Å². The summed E-state index contributed by atoms with van der Waals surface area (Å²) in [6.45, 7) is 1.53. The third-order valence-electron chi connectivity index (χ3n) is 2.33. The Balaban J connectivity index is 2.32. The lowest BCUT2D eigenvalue weighted by Crippen LogP contribution is -2.03. The van der Waals surface area contributed by atoms with Crippen molar-refractivity contribution in [1.29, 1.82) is 0 Å². The number of hydrogen-bond donors (Lipinski definition) is 1. The second-order valence-electron chi connectivity index (χ2n) is 3.29. The van der Waals surface area contributed by atoms with Gasteiger partial charge in [0.2, 0.25) is 0 Å². The van der Waals surface area contributed by atoms with Crippen molar-refractivity contribution < 1.29 is 4.74 Å². The molecule has 0 radical (unpaired) electrons. The van der Waals surface area contributed by atoms with Crippen LogP contribution >= 0.6 is 15.9 Å². The fraction of sp³-hybridized carbons (Fsp3) is 0.273. The molecule has 3 heteroatoms. The normalized spacial score (nSPS) is 16.5. The number of anilines is 1. The van der Waals surface area contributed by atoms with Gasteiger partial charge in [-0.3, -0.25) is 0 Å². The number of nitrogens with two attached hydrogens (primary N) is 1. The second kappa shape index (κ2) is 4.15. The molecule has 0 amide bonds. The minimum atomic E-state index is 0.720. The largest absolute Gasteiger partial charge is 0.398 e. The predicted molar refractivity (Wildman–Crippen MR) is 62.0 cm³/mol. The van der Waals surface area contributed by atoms with Gasteiger partial charge in [0.05, 0.1) is 13.2 Å². The Kier molecular flexibility index (Phi) is 2.89. The highest BCUT2D eigenvalue weighted by atomic mass is 79.9. The third kappa shape index (κ3) is 1.99. The fourth-order valence-corrected chi connectivity index (χ4v) is 1.89. The molecule has 0 aliphatic carbocycles. The van der Waals surface area contributed by atoms with Gasteiger partial charge in [-0.2, -0.15) is 0 Å². The fourth-order valence-electron chi connectivity index (χ4n) is 1.52. The van der Waals surface area contributed by atoms with Crippen molar-refractivity contribution in [2.75, 3.05) is 18.9 Å². The lowest BCUT2D eigenvalue weighted by Gasteiger charge is -2.14. The van der Waals surface area contributed by atoms with Crippen LogP contribution in [-0.2, 0) is 4.74 Å². The molecule has 1 heterocycles. The average Bonchev–Trinajstić information content (AvgIpc) is 2.23. The first kappa shape index (κ1) is 9.74. The molecule has 0 saturated heterocycles. The van der Waals surface area contributed by atoms with Crippen molar-refractivity contribution in [3.63, 3.8) is 0 Å². The lowest BCUT2D eigenvalue weighted by molar-refractivity contribution is 0.161. The topological polar surface area (TPSA) is 35.2 Å². The maximum atomic E-state index is 5.73. The molecule has 2 rings (SSSR count). The zero-order chi connectivity index (χ0) is 9.97. The molecule has 0 unspecified atom stereocenters. The molecule has 1 aliphatic heterocycles. The Morgan fingerprint density at radius 2 is 2.21 bits per heavy atom. The van der Waals surface area contributed by atoms with E-state index in [0.29, 0.717) is 0 Å². The van der Waals surface area contributed by atoms with Gasteiger partial charge >= 0.3 is 0 Å². The summed E-state index contributed by atoms with van der Waals surface area (Å²) in [5, 5.41) is 0. The average molecular weight is 254 g/mol. The molecule has 1 aromatic rings. The van der Waals surface area contributed by atoms with Crippen molar-refractivity contribution in [3.8, 4) is 0 Å². The quantitative estimate of drug-likeness (QED) is 0.782. The Morgan fingerprint density at radius 3 is 2.86 bits per heavy atom. The number of hydrogen-bond acceptors (Lipinski definition) is 2. The van der Waals surface area contributed by atoms with Gasteiger partial charge in [0, 0.05) is 10.2 Å². The number of benzene rings is 1. The van der Waals surface area contributed by atoms with E-state index in [9.17, 15) is 0 Å². The molecule has 0 aromatic heterocycles. The minimum Gasteiger partial charge on any atom is -0.398 e. The van der Waals surface area contributed by atoms with Gasteiger partial charge in [0.15, 0.2) is 0 Å². The van der Waals surface area contributed by atoms with Gasteiger partial charge in [-0.15, -0.1) is 0 Å². The molecule has 0 fully saturated rings. The molecule has 0 bridgehead atoms. The summed E-state index contributed by atoms with van der Waals surface area (Å²) in [5.74, 6) is 0. The summed E-state index contributed by atoms with van der Waals surface area (Å²) < 4.78 is 6.22. The summed E-state index contributed by atoms with van der Waals surface area (Å²) in [7, 11) is 0. The monoisotopic (exact) mass is 253 g/mol. The summed E-state index contributed by atoms with van der Waals surface area (Å²) in [6, 6.07) is 6.04. The van der Waals surface area contributed by atoms with Crippen LogP contribution in [0.5, 0.6) is 0 Å². The van der Waals surface area contributed by atoms with Gasteiger partial charge in [0.25, 0.3) is 0 Å². The van der Waals surface area contributed by atoms with Crippen molar-refractivity contribution in [1.82, 2.24) is 0 Å². The summed E-state index contributed by atoms with van der Waals surface area (Å²) in [4.78, 5) is 0. The molecular formula is C11H12BrNO. The van der Waals surface area contributed by atoms with Crippen LogP contribution in [-0.4, -0.2) is 13.2 Å². The Morgan fingerprint density at radius 1 is 1.36 bits per heavy atom. The SMILES string of the molecule is Nc1ccc(C2=CCOCC2)cc1Br. The first-order chi connectivity index (χ1) is 6.77. The van der Waals surface area contributed by atoms with Crippen LogP contribution in [0.2, 0.25) is 0 Å². The van der Waals surface area contributed by atoms with Crippen LogP contribution in [0.1, 0.15) is 12.0 Å². The maximum Gasteiger partial charge on any atom is 0.0653 e. The molecule has 1 aliphatic rings. The number of rotatable bonds is 1. The molecule has 2 nitrogen and oxygen atoms in total. The molecule has 2 N–H and O–H groups in total. The minimum absolute atomic E-state index is 0.720. The molecular weight excluding hydrogens is 242 g/mol. The van der Waals surface area contributed by atoms with Crippen LogP contribution in [0.25, 0.3) is 5.57 Å². The van der Waals surface area contributed by atoms with Gasteiger partial charge in [-0.05, 0) is 45.6 Å². The van der Waals surface area contributed by atoms with Crippen molar-refractivity contribution in [3.05, 3.63) is 34.3 Å². The Bertz CT molecular complexity index is 374. The zero-order valence-corrected chi connectivity index (χ0v) is 9.38. The standard InChI is InChI=1S/C11H12BrNO/c12-10-7-9(1-2-11(10)13)8-3-5-14-6-4-8/h1-3,7H,4-6,13H2. The van der Waals surface area contributed by atoms with E-state index in [1.54, 1.807) is 0 Å². The number of ether oxygens (including phenoxy) is 1. The Labute approximate surface area is 91.9 Å². The van der Waals surface area contributed by atoms with E-state index < -0.39 is 0 Å². The van der Waals surface area contributed by atoms with E-state index in [4.69, 9.17) is 10.5 Å². The molecule has 1 aromatic carbocycles. The van der Waals surface area contributed by atoms with Crippen LogP contribution in [0.3, 0.4) is 0 Å². The van der Waals surface area contributed by atoms with Crippen molar-refractivity contribution in [2.24, 2.45) is 0 Å². The van der Waals surface area contributed by atoms with Crippen molar-refractivity contribution in [2.45, 2.75) is 6.42 Å². The molecule has 0 atom stereocenters. The Hall–Kier alpha value is -0.800. The van der Waals surface area contributed by atoms with Gasteiger partial charge in [-0.25, -0.2) is 0 Å². The van der Waals surface area contributed by atoms with Crippen LogP contribution in [0.4, 0.5) is 5.69 Å². The van der Waals surface area contributed by atoms with Crippen LogP contribution in [0, 0.1) is 0 Å². The molecule has 0 saturated carbocycles. The first-order valence-electron chi connectivity index (χ1n) is 4.59. The van der Waals surface area contributed by atoms with Gasteiger partial charge in [-0.1, -0.05) is 12.1 Å². The van der Waals surface area contributed by atoms with E-state index >= 15 is 0 Å². The lowest BCUT2D eigenvalue weighted by atomic mass is 10.0. The predicted octanol–water partition coefficient (Wildman–Crippen LogP) is 2.84. The van der Waals surface area contributed by atoms with E-state index in [2.05, 4.69) is 34.1 Å². The second-order valence-corrected chi connectivity index (χ2v) is 4.14. The maximum absolute atomic E-state index is 5.73. The first-order valence-corrected chi connectivity index (χ1v) is 5.39. The van der Waals surface area contributed by atoms with Crippen molar-refractivity contribution >= 4 is 27.2 Å². The van der Waals surface area contributed by atoms with Crippen LogP contribution in [0.15, 0.2) is 28.7 Å². The summed E-state index contributed by atoms with van der Waals surface area (Å²) in [5.41, 5.74) is 9.08. The van der Waals surface area contributed by atoms with E-state index in [-0.39, 0.29) is 0 Å². The number of nitrogen functional groups attached to an aromatic ring is 1. The smallest absolute Gasteiger partial charge is 0.0653 e. The highest BCUT2D eigenvalue weighted by molar-refractivity contribution is 9.10. The van der Waals surface area contributed by atoms with E-state index in [0.717, 1.165) is 29.8 Å².